The second-order valence-electron chi connectivity index (χ2n) is 4.96. The van der Waals surface area contributed by atoms with Crippen molar-refractivity contribution in [3.63, 3.8) is 0 Å². The van der Waals surface area contributed by atoms with Crippen LogP contribution in [-0.2, 0) is 4.74 Å². The molecule has 4 N–H and O–H groups in total. The van der Waals surface area contributed by atoms with E-state index in [2.05, 4.69) is 0 Å². The molecule has 1 saturated heterocycles. The summed E-state index contributed by atoms with van der Waals surface area (Å²) in [5, 5.41) is 40.5. The van der Waals surface area contributed by atoms with Crippen LogP contribution in [0.25, 0.3) is 0 Å². The lowest BCUT2D eigenvalue weighted by Crippen LogP contribution is -2.69. The smallest absolute Gasteiger partial charge is 0.200 e. The van der Waals surface area contributed by atoms with Gasteiger partial charge in [0.15, 0.2) is 5.60 Å². The number of thioether (sulfide) groups is 1. The highest BCUT2D eigenvalue weighted by Crippen LogP contribution is 2.38. The number of benzene rings is 1. The molecule has 0 bridgehead atoms. The first-order valence-electron chi connectivity index (χ1n) is 7.42. The third kappa shape index (κ3) is 2.92. The number of hydrogen-bond acceptors (Lipinski definition) is 7. The van der Waals surface area contributed by atoms with Gasteiger partial charge in [0.05, 0.1) is 7.98 Å². The normalized spacial score (nSPS) is 39.3. The van der Waals surface area contributed by atoms with E-state index >= 15 is 0 Å². The summed E-state index contributed by atoms with van der Waals surface area (Å²) in [6.07, 6.45) is -4.95. The van der Waals surface area contributed by atoms with Crippen LogP contribution in [0.2, 0.25) is 0 Å². The molecule has 2 rings (SSSR count). The maximum atomic E-state index is 12.8. The zero-order valence-electron chi connectivity index (χ0n) is 13.0. The number of ether oxygens (including phenoxy) is 1. The topological polar surface area (TPSA) is 107 Å². The van der Waals surface area contributed by atoms with E-state index in [1.54, 1.807) is 25.1 Å². The third-order valence-corrected chi connectivity index (χ3v) is 4.50. The van der Waals surface area contributed by atoms with Gasteiger partial charge in [-0.05, 0) is 5.75 Å². The van der Waals surface area contributed by atoms with Crippen LogP contribution in [-0.4, -0.2) is 67.9 Å². The molecule has 0 aromatic heterocycles. The van der Waals surface area contributed by atoms with Crippen LogP contribution in [0.15, 0.2) is 30.3 Å². The Kier molecular flexibility index (Phi) is 5.12. The molecule has 1 aromatic carbocycles. The molecule has 22 heavy (non-hydrogen) atoms. The lowest BCUT2D eigenvalue weighted by atomic mass is 9.82. The van der Waals surface area contributed by atoms with Gasteiger partial charge in [0.1, 0.15) is 23.7 Å². The Labute approximate surface area is 134 Å². The van der Waals surface area contributed by atoms with E-state index in [4.69, 9.17) is 6.11 Å². The molecule has 1 aliphatic rings. The largest absolute Gasteiger partial charge is 0.394 e. The molecule has 5 atom stereocenters. The van der Waals surface area contributed by atoms with Crippen LogP contribution in [0.5, 0.6) is 0 Å². The quantitative estimate of drug-likeness (QED) is 0.554. The van der Waals surface area contributed by atoms with Gasteiger partial charge in [-0.15, -0.1) is 11.8 Å². The second-order valence-corrected chi connectivity index (χ2v) is 6.19. The summed E-state index contributed by atoms with van der Waals surface area (Å²) in [6, 6.07) is 7.72. The Hall–Kier alpha value is -0.960. The number of Topliss-reactive ketones (excluding diaryl/α,β-unsaturated/α-hetero) is 1. The monoisotopic (exact) mass is 329 g/mol. The minimum atomic E-state index is -2.68. The predicted molar refractivity (Wildman–Crippen MR) is 81.6 cm³/mol. The first-order valence-corrected chi connectivity index (χ1v) is 7.91. The molecular formula is C15H20O6S. The van der Waals surface area contributed by atoms with Crippen LogP contribution < -0.4 is 0 Å². The number of aliphatic hydroxyl groups excluding tert-OH is 3. The Morgan fingerprint density at radius 3 is 2.59 bits per heavy atom. The van der Waals surface area contributed by atoms with Crippen molar-refractivity contribution in [2.24, 2.45) is 0 Å². The van der Waals surface area contributed by atoms with E-state index in [-0.39, 0.29) is 5.56 Å². The molecule has 0 aliphatic carbocycles. The van der Waals surface area contributed by atoms with Crippen molar-refractivity contribution in [2.75, 3.05) is 12.4 Å². The Morgan fingerprint density at radius 1 is 1.41 bits per heavy atom. The van der Waals surface area contributed by atoms with Gasteiger partial charge in [-0.25, -0.2) is 0 Å². The number of carbonyl (C=O) groups is 1. The maximum Gasteiger partial charge on any atom is 0.200 e. The zero-order valence-corrected chi connectivity index (χ0v) is 12.9. The van der Waals surface area contributed by atoms with Gasteiger partial charge in [-0.2, -0.15) is 0 Å². The summed E-state index contributed by atoms with van der Waals surface area (Å²) in [6.45, 7) is 1.04. The van der Waals surface area contributed by atoms with Crippen molar-refractivity contribution >= 4 is 17.5 Å². The van der Waals surface area contributed by atoms with Gasteiger partial charge in [0, 0.05) is 5.56 Å². The fourth-order valence-electron chi connectivity index (χ4n) is 2.33. The molecule has 0 saturated carbocycles. The minimum absolute atomic E-state index is 0.0839. The fraction of sp³-hybridized carbons (Fsp3) is 0.533. The average molecular weight is 329 g/mol. The molecule has 6 nitrogen and oxygen atoms in total. The molecule has 1 heterocycles. The maximum absolute atomic E-state index is 12.8. The van der Waals surface area contributed by atoms with Crippen molar-refractivity contribution < 1.29 is 31.3 Å². The Balaban J connectivity index is 2.51. The first kappa shape index (κ1) is 15.9. The summed E-state index contributed by atoms with van der Waals surface area (Å²) < 4.78 is 13.7. The van der Waals surface area contributed by atoms with E-state index in [1.807, 2.05) is 0 Å². The highest BCUT2D eigenvalue weighted by atomic mass is 32.2. The average Bonchev–Trinajstić information content (AvgIpc) is 2.56. The van der Waals surface area contributed by atoms with Crippen LogP contribution in [0, 0.1) is 0 Å². The summed E-state index contributed by atoms with van der Waals surface area (Å²) in [4.78, 5) is 12.8. The second kappa shape index (κ2) is 7.08. The number of carbonyl (C=O) groups excluding carboxylic acids is 1. The lowest BCUT2D eigenvalue weighted by Gasteiger charge is -2.46. The summed E-state index contributed by atoms with van der Waals surface area (Å²) in [5.41, 5.74) is -4.86. The van der Waals surface area contributed by atoms with E-state index in [0.29, 0.717) is 5.75 Å². The van der Waals surface area contributed by atoms with Crippen LogP contribution in [0.1, 0.15) is 18.7 Å². The summed E-state index contributed by atoms with van der Waals surface area (Å²) in [7, 11) is 0. The number of hydrogen-bond donors (Lipinski definition) is 4. The minimum Gasteiger partial charge on any atom is -0.394 e. The number of aliphatic hydroxyl groups is 4. The van der Waals surface area contributed by atoms with Gasteiger partial charge in [0.2, 0.25) is 5.78 Å². The summed E-state index contributed by atoms with van der Waals surface area (Å²) >= 11 is 0.801. The molecule has 1 aromatic rings. The highest BCUT2D eigenvalue weighted by Gasteiger charge is 2.59. The van der Waals surface area contributed by atoms with E-state index < -0.39 is 41.7 Å². The van der Waals surface area contributed by atoms with Gasteiger partial charge in [-0.3, -0.25) is 4.79 Å². The standard InChI is InChI=1S/C15H20O6S/c1-2-22-14-15(20,12(18)9-6-4-3-5-7-9)13(19)11(17)10(8-16)21-14/h3-7,10-11,13-14,16-17,19-20H,2,8H2,1H3/t10-,11-,13+,14?,15-/m1/s1/i14D. The van der Waals surface area contributed by atoms with Crippen molar-refractivity contribution in [3.05, 3.63) is 35.9 Å². The van der Waals surface area contributed by atoms with Crippen LogP contribution >= 0.6 is 11.8 Å². The number of ketones is 1. The van der Waals surface area contributed by atoms with Crippen molar-refractivity contribution in [1.29, 1.82) is 0 Å². The Bertz CT molecular complexity index is 558. The van der Waals surface area contributed by atoms with E-state index in [0.717, 1.165) is 11.8 Å². The van der Waals surface area contributed by atoms with Gasteiger partial charge in [-0.1, -0.05) is 37.3 Å². The van der Waals surface area contributed by atoms with E-state index in [9.17, 15) is 25.2 Å². The predicted octanol–water partition coefficient (Wildman–Crippen LogP) is -0.208. The molecule has 0 radical (unpaired) electrons. The molecule has 1 unspecified atom stereocenters. The molecule has 1 aliphatic heterocycles. The third-order valence-electron chi connectivity index (χ3n) is 3.54. The SMILES string of the molecule is [2H]C1(SCC)O[C@H](CO)[C@@H](O)[C@H](O)[C@]1(O)C(=O)c1ccccc1. The van der Waals surface area contributed by atoms with Gasteiger partial charge >= 0.3 is 0 Å². The molecule has 7 heteroatoms. The highest BCUT2D eigenvalue weighted by molar-refractivity contribution is 7.99. The first-order chi connectivity index (χ1) is 10.8. The zero-order chi connectivity index (χ0) is 17.3. The molecule has 122 valence electrons. The molecule has 0 amide bonds. The lowest BCUT2D eigenvalue weighted by molar-refractivity contribution is -0.231. The Morgan fingerprint density at radius 2 is 2.05 bits per heavy atom. The molecule has 0 spiro atoms. The van der Waals surface area contributed by atoms with Crippen LogP contribution in [0.4, 0.5) is 0 Å². The van der Waals surface area contributed by atoms with Crippen molar-refractivity contribution in [3.8, 4) is 0 Å². The van der Waals surface area contributed by atoms with Crippen molar-refractivity contribution in [1.82, 2.24) is 0 Å². The molecular weight excluding hydrogens is 308 g/mol. The van der Waals surface area contributed by atoms with Crippen molar-refractivity contribution in [2.45, 2.75) is 36.2 Å². The van der Waals surface area contributed by atoms with Gasteiger partial charge < -0.3 is 25.2 Å². The molecule has 1 fully saturated rings. The summed E-state index contributed by atoms with van der Waals surface area (Å²) in [5.74, 6) is -0.605. The van der Waals surface area contributed by atoms with Gasteiger partial charge in [0.25, 0.3) is 0 Å². The van der Waals surface area contributed by atoms with E-state index in [1.165, 1.54) is 12.1 Å². The number of rotatable bonds is 5. The fourth-order valence-corrected chi connectivity index (χ4v) is 3.21. The van der Waals surface area contributed by atoms with Crippen LogP contribution in [0.3, 0.4) is 0 Å².